The Hall–Kier alpha value is -6.43. The molecule has 21 heteroatoms. The van der Waals surface area contributed by atoms with Gasteiger partial charge in [0, 0.05) is 38.4 Å². The molecule has 16 nitrogen and oxygen atoms in total. The average molecular weight is 1070 g/mol. The van der Waals surface area contributed by atoms with E-state index in [0.717, 1.165) is 25.0 Å². The molecule has 372 valence electrons. The Balaban J connectivity index is 1.29. The van der Waals surface area contributed by atoms with Gasteiger partial charge in [0.05, 0.1) is 46.7 Å². The summed E-state index contributed by atoms with van der Waals surface area (Å²) in [5.74, 6) is -3.10. The first-order valence-electron chi connectivity index (χ1n) is 22.0. The number of nitrogens with one attached hydrogen (secondary N) is 4. The van der Waals surface area contributed by atoms with Crippen molar-refractivity contribution < 1.29 is 38.2 Å². The molecule has 5 rings (SSSR count). The van der Waals surface area contributed by atoms with Crippen LogP contribution < -0.4 is 30.7 Å². The van der Waals surface area contributed by atoms with E-state index in [1.165, 1.54) is 54.6 Å². The van der Waals surface area contributed by atoms with Crippen LogP contribution in [0.2, 0.25) is 10.0 Å². The lowest BCUT2D eigenvalue weighted by molar-refractivity contribution is -0.127. The van der Waals surface area contributed by atoms with Crippen molar-refractivity contribution in [3.05, 3.63) is 129 Å². The number of amides is 4. The SMILES string of the molecule is CCOc1ccc(C(C)Cl)cc1NC(=O)c1cc(Cl)cc(N=NC(C(C)=O)C(=O)Nc2ccc(NC(=O)C(N=Nc3cc(Cl)cc(C(=O)Nc4cc(C(C)Cl)ccc4OCC)c3)C(C)=O)c(CCCl)c2)c1. The van der Waals surface area contributed by atoms with Gasteiger partial charge in [-0.2, -0.15) is 20.5 Å². The number of aryl methyl sites for hydroxylation is 1. The van der Waals surface area contributed by atoms with Gasteiger partial charge in [-0.1, -0.05) is 35.3 Å². The molecule has 0 spiro atoms. The quantitative estimate of drug-likeness (QED) is 0.0296. The fourth-order valence-corrected chi connectivity index (χ4v) is 7.60. The Morgan fingerprint density at radius 1 is 0.563 bits per heavy atom. The minimum absolute atomic E-state index is 0.0815. The third-order valence-corrected chi connectivity index (χ3v) is 11.3. The van der Waals surface area contributed by atoms with Gasteiger partial charge < -0.3 is 30.7 Å². The van der Waals surface area contributed by atoms with Gasteiger partial charge in [-0.15, -0.1) is 34.8 Å². The number of hydrogen-bond acceptors (Lipinski definition) is 12. The van der Waals surface area contributed by atoms with Crippen LogP contribution in [0.1, 0.15) is 89.7 Å². The first-order valence-corrected chi connectivity index (χ1v) is 24.2. The van der Waals surface area contributed by atoms with Gasteiger partial charge in [0.1, 0.15) is 11.5 Å². The van der Waals surface area contributed by atoms with E-state index in [4.69, 9.17) is 67.5 Å². The maximum absolute atomic E-state index is 13.6. The van der Waals surface area contributed by atoms with Crippen LogP contribution in [0, 0.1) is 0 Å². The summed E-state index contributed by atoms with van der Waals surface area (Å²) in [4.78, 5) is 79.4. The number of carbonyl (C=O) groups is 6. The molecular weight excluding hydrogens is 1020 g/mol. The molecule has 0 bridgehead atoms. The molecule has 0 saturated carbocycles. The number of alkyl halides is 3. The van der Waals surface area contributed by atoms with E-state index in [1.54, 1.807) is 50.2 Å². The highest BCUT2D eigenvalue weighted by atomic mass is 35.5. The van der Waals surface area contributed by atoms with Crippen molar-refractivity contribution in [3.63, 3.8) is 0 Å². The Bertz CT molecular complexity index is 2880. The third kappa shape index (κ3) is 15.8. The lowest BCUT2D eigenvalue weighted by atomic mass is 10.1. The Morgan fingerprint density at radius 2 is 1.01 bits per heavy atom. The first-order chi connectivity index (χ1) is 33.8. The minimum atomic E-state index is -1.62. The van der Waals surface area contributed by atoms with Crippen LogP contribution in [-0.2, 0) is 25.6 Å². The molecular formula is C50H49Cl5N8O8. The smallest absolute Gasteiger partial charge is 0.258 e. The monoisotopic (exact) mass is 1060 g/mol. The minimum Gasteiger partial charge on any atom is -0.492 e. The average Bonchev–Trinajstić information content (AvgIpc) is 3.30. The van der Waals surface area contributed by atoms with Crippen LogP contribution in [0.4, 0.5) is 34.1 Å². The first kappa shape index (κ1) is 55.5. The molecule has 4 unspecified atom stereocenters. The fourth-order valence-electron chi connectivity index (χ4n) is 6.66. The number of benzene rings is 5. The van der Waals surface area contributed by atoms with Gasteiger partial charge in [-0.25, -0.2) is 0 Å². The van der Waals surface area contributed by atoms with E-state index in [2.05, 4.69) is 41.7 Å². The fraction of sp³-hybridized carbons (Fsp3) is 0.280. The topological polar surface area (TPSA) is 218 Å². The summed E-state index contributed by atoms with van der Waals surface area (Å²) in [6.45, 7) is 10.2. The van der Waals surface area contributed by atoms with E-state index >= 15 is 0 Å². The third-order valence-electron chi connectivity index (χ3n) is 10.2. The van der Waals surface area contributed by atoms with Crippen molar-refractivity contribution in [2.75, 3.05) is 40.4 Å². The standard InChI is InChI=1S/C50H49Cl5N8O8/c1-7-70-43-13-9-30(26(3)52)22-41(43)58-47(66)33-17-35(54)24-38(20-33)60-62-45(28(5)64)49(68)56-37-11-12-40(32(19-37)15-16-51)57-50(69)46(29(6)65)63-61-39-21-34(18-36(55)25-39)48(67)59-42-23-31(27(4)53)10-14-44(42)71-8-2/h9-14,17-27,45-46H,7-8,15-16H2,1-6H3,(H,56,68)(H,57,69)(H,58,66)(H,59,67). The second kappa shape index (κ2) is 26.1. The number of Topliss-reactive ketones (excluding diaryl/α,β-unsaturated/α-hetero) is 2. The Kier molecular flexibility index (Phi) is 20.4. The summed E-state index contributed by atoms with van der Waals surface area (Å²) in [5, 5.41) is 26.7. The van der Waals surface area contributed by atoms with Gasteiger partial charge >= 0.3 is 0 Å². The maximum Gasteiger partial charge on any atom is 0.258 e. The van der Waals surface area contributed by atoms with Gasteiger partial charge in [0.25, 0.3) is 23.6 Å². The van der Waals surface area contributed by atoms with Crippen molar-refractivity contribution in [2.45, 2.75) is 70.8 Å². The van der Waals surface area contributed by atoms with Crippen molar-refractivity contribution in [1.82, 2.24) is 0 Å². The molecule has 0 heterocycles. The van der Waals surface area contributed by atoms with Crippen LogP contribution in [0.25, 0.3) is 0 Å². The van der Waals surface area contributed by atoms with Crippen molar-refractivity contribution in [2.24, 2.45) is 20.5 Å². The van der Waals surface area contributed by atoms with Crippen LogP contribution in [0.5, 0.6) is 11.5 Å². The van der Waals surface area contributed by atoms with Gasteiger partial charge in [0.15, 0.2) is 11.6 Å². The summed E-state index contributed by atoms with van der Waals surface area (Å²) in [6.07, 6.45) is 0.201. The lowest BCUT2D eigenvalue weighted by Crippen LogP contribution is -2.32. The van der Waals surface area contributed by atoms with Gasteiger partial charge in [0.2, 0.25) is 12.1 Å². The highest BCUT2D eigenvalue weighted by Crippen LogP contribution is 2.34. The highest BCUT2D eigenvalue weighted by Gasteiger charge is 2.26. The number of anilines is 4. The molecule has 4 amide bonds. The molecule has 0 fully saturated rings. The van der Waals surface area contributed by atoms with E-state index in [1.807, 2.05) is 13.8 Å². The zero-order valence-electron chi connectivity index (χ0n) is 39.2. The summed E-state index contributed by atoms with van der Waals surface area (Å²) in [5.41, 5.74) is 3.57. The molecule has 4 atom stereocenters. The number of nitrogens with zero attached hydrogens (tertiary/aromatic N) is 4. The van der Waals surface area contributed by atoms with Crippen molar-refractivity contribution in [3.8, 4) is 11.5 Å². The molecule has 0 saturated heterocycles. The second-order valence-corrected chi connectivity index (χ2v) is 18.2. The number of rotatable bonds is 22. The largest absolute Gasteiger partial charge is 0.492 e. The Morgan fingerprint density at radius 3 is 1.42 bits per heavy atom. The molecule has 71 heavy (non-hydrogen) atoms. The lowest BCUT2D eigenvalue weighted by Gasteiger charge is -2.16. The second-order valence-electron chi connectivity index (χ2n) is 15.7. The number of hydrogen-bond donors (Lipinski definition) is 4. The molecule has 0 aliphatic heterocycles. The highest BCUT2D eigenvalue weighted by molar-refractivity contribution is 6.32. The van der Waals surface area contributed by atoms with Crippen LogP contribution >= 0.6 is 58.0 Å². The zero-order valence-corrected chi connectivity index (χ0v) is 43.0. The predicted molar refractivity (Wildman–Crippen MR) is 279 cm³/mol. The molecule has 0 radical (unpaired) electrons. The normalized spacial score (nSPS) is 12.9. The van der Waals surface area contributed by atoms with E-state index in [9.17, 15) is 28.8 Å². The number of azo groups is 2. The molecule has 5 aromatic carbocycles. The van der Waals surface area contributed by atoms with E-state index in [0.29, 0.717) is 41.7 Å². The number of carbonyl (C=O) groups excluding carboxylic acids is 6. The molecule has 0 aliphatic rings. The van der Waals surface area contributed by atoms with Crippen LogP contribution in [0.3, 0.4) is 0 Å². The molecule has 4 N–H and O–H groups in total. The van der Waals surface area contributed by atoms with Crippen LogP contribution in [-0.4, -0.2) is 66.4 Å². The summed E-state index contributed by atoms with van der Waals surface area (Å²) >= 11 is 31.4. The Labute approximate surface area is 435 Å². The summed E-state index contributed by atoms with van der Waals surface area (Å²) in [7, 11) is 0. The molecule has 5 aromatic rings. The van der Waals surface area contributed by atoms with E-state index < -0.39 is 47.3 Å². The van der Waals surface area contributed by atoms with Gasteiger partial charge in [-0.3, -0.25) is 28.8 Å². The number of ketones is 2. The maximum atomic E-state index is 13.6. The van der Waals surface area contributed by atoms with Crippen LogP contribution in [0.15, 0.2) is 111 Å². The van der Waals surface area contributed by atoms with Crippen molar-refractivity contribution in [1.29, 1.82) is 0 Å². The number of ether oxygens (including phenoxy) is 2. The zero-order chi connectivity index (χ0) is 51.9. The predicted octanol–water partition coefficient (Wildman–Crippen LogP) is 13.0. The number of halogens is 5. The summed E-state index contributed by atoms with van der Waals surface area (Å²) in [6, 6.07) is 20.0. The molecule has 0 aliphatic carbocycles. The van der Waals surface area contributed by atoms with E-state index in [-0.39, 0.29) is 67.0 Å². The van der Waals surface area contributed by atoms with Crippen molar-refractivity contribution >= 4 is 127 Å². The summed E-state index contributed by atoms with van der Waals surface area (Å²) < 4.78 is 11.4. The molecule has 0 aromatic heterocycles. The van der Waals surface area contributed by atoms with Gasteiger partial charge in [-0.05, 0) is 144 Å².